The predicted octanol–water partition coefficient (Wildman–Crippen LogP) is 1.45. The zero-order valence-electron chi connectivity index (χ0n) is 15.9. The summed E-state index contributed by atoms with van der Waals surface area (Å²) in [5.41, 5.74) is 2.15. The Morgan fingerprint density at radius 2 is 1.86 bits per heavy atom. The third-order valence-electron chi connectivity index (χ3n) is 5.22. The van der Waals surface area contributed by atoms with Gasteiger partial charge in [0.25, 0.3) is 5.91 Å². The van der Waals surface area contributed by atoms with Crippen LogP contribution < -0.4 is 14.4 Å². The molecule has 1 atom stereocenters. The topological polar surface area (TPSA) is 91.6 Å². The zero-order chi connectivity index (χ0) is 19.7. The Labute approximate surface area is 163 Å². The smallest absolute Gasteiger partial charge is 0.267 e. The van der Waals surface area contributed by atoms with Crippen LogP contribution in [0.3, 0.4) is 0 Å². The molecule has 1 fully saturated rings. The Kier molecular flexibility index (Phi) is 4.74. The lowest BCUT2D eigenvalue weighted by Gasteiger charge is -2.37. The van der Waals surface area contributed by atoms with Crippen LogP contribution in [0.15, 0.2) is 24.3 Å². The van der Waals surface area contributed by atoms with Crippen molar-refractivity contribution in [3.8, 4) is 17.6 Å². The molecule has 4 rings (SSSR count). The lowest BCUT2D eigenvalue weighted by molar-refractivity contribution is -0.141. The average Bonchev–Trinajstić information content (AvgIpc) is 2.75. The maximum atomic E-state index is 12.9. The number of carbonyl (C=O) groups is 1. The number of ether oxygens (including phenoxy) is 2. The van der Waals surface area contributed by atoms with Gasteiger partial charge in [-0.3, -0.25) is 4.79 Å². The van der Waals surface area contributed by atoms with E-state index >= 15 is 0 Å². The monoisotopic (exact) mass is 379 g/mol. The van der Waals surface area contributed by atoms with E-state index in [0.717, 1.165) is 11.3 Å². The molecule has 1 aromatic carbocycles. The van der Waals surface area contributed by atoms with Gasteiger partial charge in [0.15, 0.2) is 17.3 Å². The highest BCUT2D eigenvalue weighted by atomic mass is 16.6. The Bertz CT molecular complexity index is 947. The normalized spacial score (nSPS) is 18.5. The van der Waals surface area contributed by atoms with Gasteiger partial charge in [-0.05, 0) is 31.5 Å². The first kappa shape index (κ1) is 18.0. The molecule has 0 unspecified atom stereocenters. The van der Waals surface area contributed by atoms with Crippen LogP contribution in [0.4, 0.5) is 5.82 Å². The number of para-hydroxylation sites is 2. The summed E-state index contributed by atoms with van der Waals surface area (Å²) in [6.45, 7) is 6.15. The second kappa shape index (κ2) is 7.35. The highest BCUT2D eigenvalue weighted by Gasteiger charge is 2.33. The molecule has 2 aliphatic heterocycles. The molecule has 0 N–H and O–H groups in total. The van der Waals surface area contributed by atoms with Crippen molar-refractivity contribution < 1.29 is 14.3 Å². The molecule has 28 heavy (non-hydrogen) atoms. The van der Waals surface area contributed by atoms with E-state index in [2.05, 4.69) is 16.3 Å². The van der Waals surface area contributed by atoms with Crippen molar-refractivity contribution in [3.63, 3.8) is 0 Å². The zero-order valence-corrected chi connectivity index (χ0v) is 15.9. The van der Waals surface area contributed by atoms with Gasteiger partial charge in [0.2, 0.25) is 6.10 Å². The number of anilines is 1. The maximum absolute atomic E-state index is 12.9. The molecule has 2 aliphatic rings. The largest absolute Gasteiger partial charge is 0.485 e. The summed E-state index contributed by atoms with van der Waals surface area (Å²) >= 11 is 0. The summed E-state index contributed by atoms with van der Waals surface area (Å²) in [6.07, 6.45) is -0.641. The van der Waals surface area contributed by atoms with Crippen LogP contribution in [0.1, 0.15) is 16.8 Å². The Balaban J connectivity index is 1.42. The van der Waals surface area contributed by atoms with Gasteiger partial charge in [-0.1, -0.05) is 12.1 Å². The molecule has 0 aliphatic carbocycles. The maximum Gasteiger partial charge on any atom is 0.267 e. The molecule has 144 valence electrons. The van der Waals surface area contributed by atoms with Crippen LogP contribution in [-0.2, 0) is 4.79 Å². The van der Waals surface area contributed by atoms with E-state index in [1.807, 2.05) is 36.9 Å². The molecule has 3 heterocycles. The third-order valence-corrected chi connectivity index (χ3v) is 5.22. The van der Waals surface area contributed by atoms with Crippen LogP contribution in [0.2, 0.25) is 0 Å². The minimum atomic E-state index is -0.641. The number of benzene rings is 1. The number of nitrogens with zero attached hydrogens (tertiary/aromatic N) is 5. The summed E-state index contributed by atoms with van der Waals surface area (Å²) in [4.78, 5) is 16.6. The predicted molar refractivity (Wildman–Crippen MR) is 101 cm³/mol. The second-order valence-corrected chi connectivity index (χ2v) is 6.90. The van der Waals surface area contributed by atoms with E-state index in [1.165, 1.54) is 0 Å². The van der Waals surface area contributed by atoms with E-state index in [-0.39, 0.29) is 12.5 Å². The van der Waals surface area contributed by atoms with Crippen LogP contribution in [0.25, 0.3) is 0 Å². The van der Waals surface area contributed by atoms with Gasteiger partial charge in [-0.25, -0.2) is 0 Å². The van der Waals surface area contributed by atoms with Crippen molar-refractivity contribution in [2.24, 2.45) is 0 Å². The molecular weight excluding hydrogens is 358 g/mol. The number of piperazine rings is 1. The van der Waals surface area contributed by atoms with Crippen molar-refractivity contribution >= 4 is 11.7 Å². The molecule has 0 spiro atoms. The van der Waals surface area contributed by atoms with Crippen molar-refractivity contribution in [3.05, 3.63) is 41.1 Å². The van der Waals surface area contributed by atoms with Crippen molar-refractivity contribution in [2.45, 2.75) is 20.0 Å². The molecule has 8 heteroatoms. The number of aromatic nitrogens is 2. The third kappa shape index (κ3) is 3.20. The first-order chi connectivity index (χ1) is 13.6. The quantitative estimate of drug-likeness (QED) is 0.780. The van der Waals surface area contributed by atoms with Crippen molar-refractivity contribution in [2.75, 3.05) is 37.7 Å². The fourth-order valence-corrected chi connectivity index (χ4v) is 3.43. The fourth-order valence-electron chi connectivity index (χ4n) is 3.43. The lowest BCUT2D eigenvalue weighted by atomic mass is 10.1. The molecule has 2 aromatic rings. The number of rotatable bonds is 2. The molecular formula is C20H21N5O3. The number of amides is 1. The Hall–Kier alpha value is -3.34. The van der Waals surface area contributed by atoms with E-state index in [9.17, 15) is 10.1 Å². The van der Waals surface area contributed by atoms with Crippen LogP contribution in [0.5, 0.6) is 11.5 Å². The Morgan fingerprint density at radius 1 is 1.14 bits per heavy atom. The van der Waals surface area contributed by atoms with Crippen LogP contribution >= 0.6 is 0 Å². The summed E-state index contributed by atoms with van der Waals surface area (Å²) in [7, 11) is 0. The van der Waals surface area contributed by atoms with Crippen LogP contribution in [0, 0.1) is 25.2 Å². The number of hydrogen-bond donors (Lipinski definition) is 0. The highest BCUT2D eigenvalue weighted by Crippen LogP contribution is 2.31. The van der Waals surface area contributed by atoms with Gasteiger partial charge in [-0.2, -0.15) is 10.4 Å². The minimum absolute atomic E-state index is 0.0826. The van der Waals surface area contributed by atoms with Crippen LogP contribution in [-0.4, -0.2) is 59.9 Å². The number of fused-ring (bicyclic) bond motifs is 1. The summed E-state index contributed by atoms with van der Waals surface area (Å²) in [6, 6.07) is 9.58. The van der Waals surface area contributed by atoms with E-state index < -0.39 is 6.10 Å². The average molecular weight is 379 g/mol. The van der Waals surface area contributed by atoms with Gasteiger partial charge in [0, 0.05) is 26.2 Å². The van der Waals surface area contributed by atoms with Crippen molar-refractivity contribution in [1.29, 1.82) is 5.26 Å². The first-order valence-corrected chi connectivity index (χ1v) is 9.24. The number of nitriles is 1. The van der Waals surface area contributed by atoms with Gasteiger partial charge >= 0.3 is 0 Å². The number of aryl methyl sites for hydroxylation is 1. The highest BCUT2D eigenvalue weighted by molar-refractivity contribution is 5.82. The standard InChI is InChI=1S/C20H21N5O3/c1-13-14(2)22-23-19(15(13)11-21)24-7-9-25(10-8-24)20(26)18-12-27-16-5-3-4-6-17(16)28-18/h3-6,18H,7-10,12H2,1-2H3/t18-/m0/s1. The Morgan fingerprint density at radius 3 is 2.57 bits per heavy atom. The summed E-state index contributed by atoms with van der Waals surface area (Å²) < 4.78 is 11.5. The number of hydrogen-bond acceptors (Lipinski definition) is 7. The molecule has 1 saturated heterocycles. The molecule has 8 nitrogen and oxygen atoms in total. The van der Waals surface area contributed by atoms with E-state index in [1.54, 1.807) is 11.0 Å². The fraction of sp³-hybridized carbons (Fsp3) is 0.400. The van der Waals surface area contributed by atoms with Gasteiger partial charge in [-0.15, -0.1) is 5.10 Å². The lowest BCUT2D eigenvalue weighted by Crippen LogP contribution is -2.54. The number of carbonyl (C=O) groups excluding carboxylic acids is 1. The SMILES string of the molecule is Cc1nnc(N2CCN(C(=O)[C@@H]3COc4ccccc4O3)CC2)c(C#N)c1C. The van der Waals surface area contributed by atoms with Gasteiger partial charge < -0.3 is 19.3 Å². The molecule has 1 aromatic heterocycles. The summed E-state index contributed by atoms with van der Waals surface area (Å²) in [5.74, 6) is 1.76. The second-order valence-electron chi connectivity index (χ2n) is 6.90. The first-order valence-electron chi connectivity index (χ1n) is 9.24. The molecule has 0 bridgehead atoms. The molecule has 1 amide bonds. The van der Waals surface area contributed by atoms with E-state index in [0.29, 0.717) is 49.1 Å². The molecule has 0 radical (unpaired) electrons. The molecule has 0 saturated carbocycles. The van der Waals surface area contributed by atoms with E-state index in [4.69, 9.17) is 9.47 Å². The summed E-state index contributed by atoms with van der Waals surface area (Å²) in [5, 5.41) is 17.9. The van der Waals surface area contributed by atoms with Gasteiger partial charge in [0.1, 0.15) is 18.2 Å². The van der Waals surface area contributed by atoms with Gasteiger partial charge in [0.05, 0.1) is 5.69 Å². The minimum Gasteiger partial charge on any atom is -0.485 e. The van der Waals surface area contributed by atoms with Crippen molar-refractivity contribution in [1.82, 2.24) is 15.1 Å².